The number of hydrazine groups is 1. The number of nitrogens with two attached hydrogens (primary N) is 1. The van der Waals surface area contributed by atoms with Gasteiger partial charge >= 0.3 is 6.18 Å². The fourth-order valence-electron chi connectivity index (χ4n) is 4.05. The zero-order valence-electron chi connectivity index (χ0n) is 20.2. The second kappa shape index (κ2) is 9.64. The van der Waals surface area contributed by atoms with Gasteiger partial charge < -0.3 is 5.73 Å². The molecule has 2 N–H and O–H groups in total. The highest BCUT2D eigenvalue weighted by Crippen LogP contribution is 2.31. The molecular formula is C24H23F4N7O2. The summed E-state index contributed by atoms with van der Waals surface area (Å²) in [6, 6.07) is 4.31. The van der Waals surface area contributed by atoms with Gasteiger partial charge in [-0.15, -0.1) is 0 Å². The van der Waals surface area contributed by atoms with Crippen LogP contribution in [0.15, 0.2) is 36.7 Å². The van der Waals surface area contributed by atoms with Gasteiger partial charge in [-0.05, 0) is 25.1 Å². The number of amides is 2. The zero-order valence-corrected chi connectivity index (χ0v) is 20.2. The molecule has 9 nitrogen and oxygen atoms in total. The molecule has 0 saturated carbocycles. The van der Waals surface area contributed by atoms with Gasteiger partial charge in [0, 0.05) is 37.7 Å². The maximum absolute atomic E-state index is 15.3. The van der Waals surface area contributed by atoms with Crippen LogP contribution in [0.25, 0.3) is 21.8 Å². The molecule has 4 aromatic rings. The van der Waals surface area contributed by atoms with Gasteiger partial charge in [-0.1, -0.05) is 6.92 Å². The maximum atomic E-state index is 15.3. The number of aryl methyl sites for hydroxylation is 1. The first-order chi connectivity index (χ1) is 17.5. The van der Waals surface area contributed by atoms with E-state index in [1.165, 1.54) is 16.9 Å². The van der Waals surface area contributed by atoms with Crippen LogP contribution in [0.2, 0.25) is 0 Å². The molecule has 3 heterocycles. The summed E-state index contributed by atoms with van der Waals surface area (Å²) < 4.78 is 55.7. The first-order valence-corrected chi connectivity index (χ1v) is 11.3. The van der Waals surface area contributed by atoms with Crippen LogP contribution in [-0.2, 0) is 24.6 Å². The van der Waals surface area contributed by atoms with Crippen LogP contribution in [0.1, 0.15) is 41.9 Å². The molecule has 0 fully saturated rings. The molecule has 0 saturated heterocycles. The first-order valence-electron chi connectivity index (χ1n) is 11.3. The SMILES string of the molecule is CCC(=O)N(CC)N(Cc1ccc(C(F)(F)F)cn1)C(=O)c1cc2c(cc1F)nc(N)c1cnn(C)c12. The highest BCUT2D eigenvalue weighted by Gasteiger charge is 2.32. The Morgan fingerprint density at radius 2 is 1.81 bits per heavy atom. The lowest BCUT2D eigenvalue weighted by atomic mass is 10.1. The van der Waals surface area contributed by atoms with E-state index in [2.05, 4.69) is 15.1 Å². The maximum Gasteiger partial charge on any atom is 0.417 e. The largest absolute Gasteiger partial charge is 0.417 e. The standard InChI is InChI=1S/C24H23F4N7O2/c1-4-20(36)34(5-2)35(12-14-7-6-13(10-30-14)24(26,27)28)23(37)15-8-16-19(9-18(15)25)32-22(29)17-11-31-33(3)21(16)17/h6-11H,4-5,12H2,1-3H3,(H2,29,32). The number of halogens is 4. The van der Waals surface area contributed by atoms with Crippen molar-refractivity contribution in [2.45, 2.75) is 33.0 Å². The number of carbonyl (C=O) groups excluding carboxylic acids is 2. The minimum atomic E-state index is -4.59. The highest BCUT2D eigenvalue weighted by atomic mass is 19.4. The Morgan fingerprint density at radius 3 is 2.41 bits per heavy atom. The monoisotopic (exact) mass is 517 g/mol. The first kappa shape index (κ1) is 25.8. The lowest BCUT2D eigenvalue weighted by Gasteiger charge is -2.34. The van der Waals surface area contributed by atoms with Crippen molar-refractivity contribution < 1.29 is 27.2 Å². The molecule has 37 heavy (non-hydrogen) atoms. The summed E-state index contributed by atoms with van der Waals surface area (Å²) in [5.74, 6) is -2.07. The average Bonchev–Trinajstić information content (AvgIpc) is 3.25. The van der Waals surface area contributed by atoms with Crippen molar-refractivity contribution in [2.24, 2.45) is 7.05 Å². The van der Waals surface area contributed by atoms with Crippen molar-refractivity contribution in [1.29, 1.82) is 0 Å². The molecular weight excluding hydrogens is 494 g/mol. The highest BCUT2D eigenvalue weighted by molar-refractivity contribution is 6.10. The number of fused-ring (bicyclic) bond motifs is 3. The summed E-state index contributed by atoms with van der Waals surface area (Å²) in [4.78, 5) is 34.4. The van der Waals surface area contributed by atoms with Crippen LogP contribution < -0.4 is 5.73 Å². The number of aromatic nitrogens is 4. The fraction of sp³-hybridized carbons (Fsp3) is 0.292. The van der Waals surface area contributed by atoms with Gasteiger partial charge in [0.05, 0.1) is 46.0 Å². The van der Waals surface area contributed by atoms with Crippen LogP contribution in [0, 0.1) is 5.82 Å². The number of hydrogen-bond acceptors (Lipinski definition) is 6. The number of hydrogen-bond donors (Lipinski definition) is 1. The molecule has 0 aliphatic carbocycles. The number of nitrogens with zero attached hydrogens (tertiary/aromatic N) is 6. The number of benzene rings is 1. The van der Waals surface area contributed by atoms with E-state index in [1.54, 1.807) is 20.9 Å². The molecule has 0 aliphatic heterocycles. The molecule has 194 valence electrons. The van der Waals surface area contributed by atoms with E-state index in [1.807, 2.05) is 0 Å². The predicted octanol–water partition coefficient (Wildman–Crippen LogP) is 4.07. The molecule has 3 aromatic heterocycles. The smallest absolute Gasteiger partial charge is 0.383 e. The van der Waals surface area contributed by atoms with Gasteiger partial charge in [-0.3, -0.25) is 24.3 Å². The average molecular weight is 517 g/mol. The number of rotatable bonds is 5. The molecule has 4 rings (SSSR count). The second-order valence-electron chi connectivity index (χ2n) is 8.24. The summed E-state index contributed by atoms with van der Waals surface area (Å²) in [7, 11) is 1.66. The Kier molecular flexibility index (Phi) is 6.72. The van der Waals surface area contributed by atoms with E-state index in [-0.39, 0.29) is 42.1 Å². The summed E-state index contributed by atoms with van der Waals surface area (Å²) in [5.41, 5.74) is 5.47. The van der Waals surface area contributed by atoms with Crippen LogP contribution in [0.5, 0.6) is 0 Å². The van der Waals surface area contributed by atoms with Crippen molar-refractivity contribution >= 4 is 39.4 Å². The summed E-state index contributed by atoms with van der Waals surface area (Å²) >= 11 is 0. The molecule has 0 unspecified atom stereocenters. The Bertz CT molecular complexity index is 1500. The van der Waals surface area contributed by atoms with Crippen molar-refractivity contribution in [3.05, 3.63) is 59.3 Å². The number of carbonyl (C=O) groups is 2. The van der Waals surface area contributed by atoms with Crippen LogP contribution >= 0.6 is 0 Å². The van der Waals surface area contributed by atoms with Crippen LogP contribution in [0.3, 0.4) is 0 Å². The van der Waals surface area contributed by atoms with Gasteiger partial charge in [-0.2, -0.15) is 18.3 Å². The molecule has 0 radical (unpaired) electrons. The predicted molar refractivity (Wildman–Crippen MR) is 127 cm³/mol. The Morgan fingerprint density at radius 1 is 1.08 bits per heavy atom. The van der Waals surface area contributed by atoms with Gasteiger partial charge in [0.1, 0.15) is 11.6 Å². The molecule has 0 atom stereocenters. The van der Waals surface area contributed by atoms with Gasteiger partial charge in [0.2, 0.25) is 5.91 Å². The zero-order chi connectivity index (χ0) is 27.1. The van der Waals surface area contributed by atoms with E-state index in [9.17, 15) is 22.8 Å². The van der Waals surface area contributed by atoms with E-state index in [0.717, 1.165) is 28.2 Å². The van der Waals surface area contributed by atoms with Crippen molar-refractivity contribution in [3.8, 4) is 0 Å². The minimum Gasteiger partial charge on any atom is -0.383 e. The fourth-order valence-corrected chi connectivity index (χ4v) is 4.05. The van der Waals surface area contributed by atoms with Crippen molar-refractivity contribution in [1.82, 2.24) is 29.8 Å². The second-order valence-corrected chi connectivity index (χ2v) is 8.24. The van der Waals surface area contributed by atoms with Crippen molar-refractivity contribution in [3.63, 3.8) is 0 Å². The molecule has 0 bridgehead atoms. The summed E-state index contributed by atoms with van der Waals surface area (Å²) in [6.07, 6.45) is -2.40. The number of nitrogen functional groups attached to an aromatic ring is 1. The van der Waals surface area contributed by atoms with Crippen LogP contribution in [-0.4, -0.2) is 48.1 Å². The molecule has 0 aliphatic rings. The van der Waals surface area contributed by atoms with Gasteiger partial charge in [-0.25, -0.2) is 14.4 Å². The van der Waals surface area contributed by atoms with Crippen LogP contribution in [0.4, 0.5) is 23.4 Å². The lowest BCUT2D eigenvalue weighted by Crippen LogP contribution is -2.49. The normalized spacial score (nSPS) is 11.8. The van der Waals surface area contributed by atoms with Gasteiger partial charge in [0.15, 0.2) is 0 Å². The molecule has 13 heteroatoms. The van der Waals surface area contributed by atoms with E-state index < -0.39 is 29.4 Å². The molecule has 2 amide bonds. The topological polar surface area (TPSA) is 110 Å². The number of alkyl halides is 3. The van der Waals surface area contributed by atoms with Gasteiger partial charge in [0.25, 0.3) is 5.91 Å². The third-order valence-corrected chi connectivity index (χ3v) is 5.91. The third kappa shape index (κ3) is 4.76. The summed E-state index contributed by atoms with van der Waals surface area (Å²) in [5, 5.41) is 7.19. The van der Waals surface area contributed by atoms with E-state index in [0.29, 0.717) is 22.5 Å². The molecule has 0 spiro atoms. The molecule has 1 aromatic carbocycles. The Hall–Kier alpha value is -4.29. The minimum absolute atomic E-state index is 0.0388. The lowest BCUT2D eigenvalue weighted by molar-refractivity contribution is -0.144. The van der Waals surface area contributed by atoms with E-state index >= 15 is 4.39 Å². The summed E-state index contributed by atoms with van der Waals surface area (Å²) in [6.45, 7) is 2.90. The Labute approximate surface area is 208 Å². The van der Waals surface area contributed by atoms with Crippen molar-refractivity contribution in [2.75, 3.05) is 12.3 Å². The van der Waals surface area contributed by atoms with E-state index in [4.69, 9.17) is 5.73 Å². The Balaban J connectivity index is 1.82. The number of pyridine rings is 2. The third-order valence-electron chi connectivity index (χ3n) is 5.91. The quantitative estimate of drug-likeness (QED) is 0.316. The number of anilines is 1.